The van der Waals surface area contributed by atoms with Gasteiger partial charge < -0.3 is 14.8 Å². The van der Waals surface area contributed by atoms with Crippen molar-refractivity contribution >= 4 is 35.3 Å². The molecule has 2 amide bonds. The molecule has 3 rings (SSSR count). The number of carbonyl (C=O) groups excluding carboxylic acids is 2. The maximum atomic E-state index is 11.7. The number of hydrogen-bond donors (Lipinski definition) is 2. The number of ether oxygens (including phenoxy) is 2. The van der Waals surface area contributed by atoms with Gasteiger partial charge in [-0.15, -0.1) is 0 Å². The Kier molecular flexibility index (Phi) is 4.62. The molecule has 24 heavy (non-hydrogen) atoms. The third kappa shape index (κ3) is 3.82. The van der Waals surface area contributed by atoms with Crippen LogP contribution in [0.3, 0.4) is 0 Å². The molecule has 1 heterocycles. The predicted molar refractivity (Wildman–Crippen MR) is 88.4 cm³/mol. The zero-order valence-electron chi connectivity index (χ0n) is 12.3. The molecule has 0 spiro atoms. The lowest BCUT2D eigenvalue weighted by atomic mass is 10.2. The van der Waals surface area contributed by atoms with Gasteiger partial charge in [-0.05, 0) is 48.0 Å². The number of carbonyl (C=O) groups is 2. The summed E-state index contributed by atoms with van der Waals surface area (Å²) in [7, 11) is 0. The molecule has 1 aliphatic heterocycles. The van der Waals surface area contributed by atoms with Crippen LogP contribution < -0.4 is 20.2 Å². The summed E-state index contributed by atoms with van der Waals surface area (Å²) in [6.45, 7) is 0.178. The lowest BCUT2D eigenvalue weighted by Crippen LogP contribution is -2.32. The first kappa shape index (κ1) is 15.8. The highest BCUT2D eigenvalue weighted by Gasteiger charge is 2.14. The van der Waals surface area contributed by atoms with Crippen LogP contribution in [0.4, 0.5) is 5.69 Å². The summed E-state index contributed by atoms with van der Waals surface area (Å²) < 4.78 is 10.4. The fraction of sp³-hybridized carbons (Fsp3) is 0.0625. The number of hydrazone groups is 1. The van der Waals surface area contributed by atoms with Gasteiger partial charge in [-0.25, -0.2) is 5.43 Å². The Balaban J connectivity index is 1.54. The van der Waals surface area contributed by atoms with Gasteiger partial charge in [-0.3, -0.25) is 9.59 Å². The molecule has 0 saturated carbocycles. The Morgan fingerprint density at radius 1 is 1.04 bits per heavy atom. The Hall–Kier alpha value is -3.06. The molecular formula is C16H12ClN3O4. The summed E-state index contributed by atoms with van der Waals surface area (Å²) in [5.41, 5.74) is 3.30. The van der Waals surface area contributed by atoms with Crippen LogP contribution in [0.25, 0.3) is 0 Å². The molecule has 1 aliphatic rings. The zero-order chi connectivity index (χ0) is 16.9. The summed E-state index contributed by atoms with van der Waals surface area (Å²) in [4.78, 5) is 23.4. The Morgan fingerprint density at radius 3 is 2.58 bits per heavy atom. The van der Waals surface area contributed by atoms with Crippen molar-refractivity contribution in [3.63, 3.8) is 0 Å². The van der Waals surface area contributed by atoms with Crippen molar-refractivity contribution in [2.75, 3.05) is 12.1 Å². The van der Waals surface area contributed by atoms with E-state index < -0.39 is 11.8 Å². The number of halogens is 1. The molecule has 8 heteroatoms. The summed E-state index contributed by atoms with van der Waals surface area (Å²) in [6, 6.07) is 11.6. The van der Waals surface area contributed by atoms with Gasteiger partial charge in [0, 0.05) is 10.7 Å². The summed E-state index contributed by atoms with van der Waals surface area (Å²) in [6.07, 6.45) is 1.40. The molecule has 0 aliphatic carbocycles. The van der Waals surface area contributed by atoms with Crippen LogP contribution >= 0.6 is 11.6 Å². The van der Waals surface area contributed by atoms with E-state index in [1.807, 2.05) is 0 Å². The van der Waals surface area contributed by atoms with Crippen LogP contribution in [0.15, 0.2) is 47.6 Å². The van der Waals surface area contributed by atoms with Crippen molar-refractivity contribution in [3.05, 3.63) is 53.1 Å². The van der Waals surface area contributed by atoms with Crippen LogP contribution in [-0.4, -0.2) is 24.8 Å². The normalized spacial score (nSPS) is 12.2. The standard InChI is InChI=1S/C16H12ClN3O4/c17-11-2-4-12(5-3-11)19-15(21)16(22)20-18-8-10-1-6-13-14(7-10)24-9-23-13/h1-8H,9H2,(H,19,21)(H,20,22)/b18-8-. The minimum atomic E-state index is -0.887. The predicted octanol–water partition coefficient (Wildman–Crippen LogP) is 2.16. The minimum absolute atomic E-state index is 0.178. The van der Waals surface area contributed by atoms with Gasteiger partial charge in [0.05, 0.1) is 6.21 Å². The molecule has 0 unspecified atom stereocenters. The number of amides is 2. The second kappa shape index (κ2) is 7.01. The van der Waals surface area contributed by atoms with E-state index >= 15 is 0 Å². The van der Waals surface area contributed by atoms with Gasteiger partial charge in [-0.1, -0.05) is 11.6 Å². The SMILES string of the molecule is O=C(N/N=C\c1ccc2c(c1)OCO2)C(=O)Nc1ccc(Cl)cc1. The van der Waals surface area contributed by atoms with Gasteiger partial charge in [-0.2, -0.15) is 5.10 Å². The summed E-state index contributed by atoms with van der Waals surface area (Å²) in [5, 5.41) is 6.71. The van der Waals surface area contributed by atoms with Crippen molar-refractivity contribution < 1.29 is 19.1 Å². The van der Waals surface area contributed by atoms with E-state index in [4.69, 9.17) is 21.1 Å². The fourth-order valence-electron chi connectivity index (χ4n) is 1.93. The molecule has 0 radical (unpaired) electrons. The number of rotatable bonds is 3. The number of fused-ring (bicyclic) bond motifs is 1. The topological polar surface area (TPSA) is 89.0 Å². The second-order valence-corrected chi connectivity index (χ2v) is 5.21. The van der Waals surface area contributed by atoms with Gasteiger partial charge in [0.2, 0.25) is 6.79 Å². The number of benzene rings is 2. The number of nitrogens with zero attached hydrogens (tertiary/aromatic N) is 1. The number of nitrogens with one attached hydrogen (secondary N) is 2. The molecule has 2 aromatic carbocycles. The molecule has 2 aromatic rings. The molecular weight excluding hydrogens is 334 g/mol. The third-order valence-electron chi connectivity index (χ3n) is 3.08. The maximum absolute atomic E-state index is 11.7. The first-order valence-corrected chi connectivity index (χ1v) is 7.29. The Morgan fingerprint density at radius 2 is 1.79 bits per heavy atom. The average Bonchev–Trinajstić information content (AvgIpc) is 3.04. The maximum Gasteiger partial charge on any atom is 0.329 e. The Bertz CT molecular complexity index is 805. The van der Waals surface area contributed by atoms with Crippen molar-refractivity contribution in [2.45, 2.75) is 0 Å². The van der Waals surface area contributed by atoms with Crippen LogP contribution in [0, 0.1) is 0 Å². The molecule has 0 atom stereocenters. The number of anilines is 1. The first-order valence-electron chi connectivity index (χ1n) is 6.91. The van der Waals surface area contributed by atoms with E-state index in [2.05, 4.69) is 15.8 Å². The highest BCUT2D eigenvalue weighted by atomic mass is 35.5. The van der Waals surface area contributed by atoms with Gasteiger partial charge in [0.15, 0.2) is 11.5 Å². The highest BCUT2D eigenvalue weighted by molar-refractivity contribution is 6.39. The van der Waals surface area contributed by atoms with E-state index in [1.165, 1.54) is 6.21 Å². The average molecular weight is 346 g/mol. The van der Waals surface area contributed by atoms with Gasteiger partial charge in [0.25, 0.3) is 0 Å². The Labute approximate surface area is 142 Å². The van der Waals surface area contributed by atoms with E-state index in [-0.39, 0.29) is 6.79 Å². The van der Waals surface area contributed by atoms with Crippen LogP contribution in [0.1, 0.15) is 5.56 Å². The minimum Gasteiger partial charge on any atom is -0.454 e. The second-order valence-electron chi connectivity index (χ2n) is 4.77. The molecule has 0 saturated heterocycles. The summed E-state index contributed by atoms with van der Waals surface area (Å²) >= 11 is 5.74. The van der Waals surface area contributed by atoms with E-state index in [0.717, 1.165) is 0 Å². The molecule has 0 aromatic heterocycles. The van der Waals surface area contributed by atoms with Crippen molar-refractivity contribution in [1.29, 1.82) is 0 Å². The van der Waals surface area contributed by atoms with Crippen LogP contribution in [0.2, 0.25) is 5.02 Å². The van der Waals surface area contributed by atoms with E-state index in [9.17, 15) is 9.59 Å². The zero-order valence-corrected chi connectivity index (χ0v) is 13.0. The monoisotopic (exact) mass is 345 g/mol. The smallest absolute Gasteiger partial charge is 0.329 e. The lowest BCUT2D eigenvalue weighted by molar-refractivity contribution is -0.136. The van der Waals surface area contributed by atoms with Gasteiger partial charge >= 0.3 is 11.8 Å². The van der Waals surface area contributed by atoms with Crippen LogP contribution in [-0.2, 0) is 9.59 Å². The first-order chi connectivity index (χ1) is 11.6. The third-order valence-corrected chi connectivity index (χ3v) is 3.34. The molecule has 0 fully saturated rings. The van der Waals surface area contributed by atoms with Crippen LogP contribution in [0.5, 0.6) is 11.5 Å². The van der Waals surface area contributed by atoms with Crippen molar-refractivity contribution in [3.8, 4) is 11.5 Å². The molecule has 7 nitrogen and oxygen atoms in total. The highest BCUT2D eigenvalue weighted by Crippen LogP contribution is 2.31. The van der Waals surface area contributed by atoms with Crippen molar-refractivity contribution in [2.24, 2.45) is 5.10 Å². The van der Waals surface area contributed by atoms with E-state index in [1.54, 1.807) is 42.5 Å². The molecule has 2 N–H and O–H groups in total. The quantitative estimate of drug-likeness (QED) is 0.507. The van der Waals surface area contributed by atoms with Crippen molar-refractivity contribution in [1.82, 2.24) is 5.43 Å². The fourth-order valence-corrected chi connectivity index (χ4v) is 2.06. The number of hydrogen-bond acceptors (Lipinski definition) is 5. The molecule has 122 valence electrons. The summed E-state index contributed by atoms with van der Waals surface area (Å²) in [5.74, 6) is -0.466. The molecule has 0 bridgehead atoms. The largest absolute Gasteiger partial charge is 0.454 e. The van der Waals surface area contributed by atoms with E-state index in [0.29, 0.717) is 27.8 Å². The van der Waals surface area contributed by atoms with Gasteiger partial charge in [0.1, 0.15) is 0 Å². The lowest BCUT2D eigenvalue weighted by Gasteiger charge is -2.03.